The third-order valence-corrected chi connectivity index (χ3v) is 5.02. The Morgan fingerprint density at radius 1 is 1.28 bits per heavy atom. The quantitative estimate of drug-likeness (QED) is 0.885. The van der Waals surface area contributed by atoms with E-state index in [2.05, 4.69) is 39.2 Å². The summed E-state index contributed by atoms with van der Waals surface area (Å²) in [5.74, 6) is 1.02. The number of hydrogen-bond donors (Lipinski definition) is 1. The Morgan fingerprint density at radius 3 is 2.72 bits per heavy atom. The standard InChI is InChI=1S/C18H29N5O2/c1-3-21-6-8-22(9-7-21)17-5-4-16(12-19-17)13-20-18(24)23-10-11-25-14-15(23)2/h4-5,12,15H,3,6-11,13-14H2,1-2H3,(H,20,24)/t15-/m0/s1. The number of amides is 2. The lowest BCUT2D eigenvalue weighted by atomic mass is 10.2. The molecule has 0 unspecified atom stereocenters. The van der Waals surface area contributed by atoms with Gasteiger partial charge >= 0.3 is 6.03 Å². The first-order chi connectivity index (χ1) is 12.2. The second-order valence-corrected chi connectivity index (χ2v) is 6.72. The highest BCUT2D eigenvalue weighted by Crippen LogP contribution is 2.14. The monoisotopic (exact) mass is 347 g/mol. The lowest BCUT2D eigenvalue weighted by molar-refractivity contribution is 0.0190. The number of hydrogen-bond acceptors (Lipinski definition) is 5. The number of rotatable bonds is 4. The summed E-state index contributed by atoms with van der Waals surface area (Å²) >= 11 is 0. The minimum atomic E-state index is -0.0319. The summed E-state index contributed by atoms with van der Waals surface area (Å²) in [7, 11) is 0. The predicted octanol–water partition coefficient (Wildman–Crippen LogP) is 1.15. The van der Waals surface area contributed by atoms with Crippen molar-refractivity contribution >= 4 is 11.8 Å². The van der Waals surface area contributed by atoms with Gasteiger partial charge in [0.2, 0.25) is 0 Å². The molecule has 2 saturated heterocycles. The molecule has 0 radical (unpaired) electrons. The summed E-state index contributed by atoms with van der Waals surface area (Å²) in [6, 6.07) is 4.20. The zero-order chi connectivity index (χ0) is 17.6. The first-order valence-electron chi connectivity index (χ1n) is 9.22. The van der Waals surface area contributed by atoms with Gasteiger partial charge in [0.15, 0.2) is 0 Å². The number of morpholine rings is 1. The van der Waals surface area contributed by atoms with Crippen LogP contribution < -0.4 is 10.2 Å². The highest BCUT2D eigenvalue weighted by Gasteiger charge is 2.23. The van der Waals surface area contributed by atoms with Crippen molar-refractivity contribution in [3.8, 4) is 0 Å². The fraction of sp³-hybridized carbons (Fsp3) is 0.667. The molecule has 1 aromatic heterocycles. The van der Waals surface area contributed by atoms with Gasteiger partial charge in [-0.3, -0.25) is 0 Å². The van der Waals surface area contributed by atoms with E-state index in [1.54, 1.807) is 0 Å². The molecule has 0 aliphatic carbocycles. The second kappa shape index (κ2) is 8.49. The molecule has 1 aromatic rings. The molecule has 0 spiro atoms. The molecule has 3 rings (SSSR count). The number of nitrogens with zero attached hydrogens (tertiary/aromatic N) is 4. The number of likely N-dealkylation sites (N-methyl/N-ethyl adjacent to an activating group) is 1. The number of anilines is 1. The number of urea groups is 1. The Balaban J connectivity index is 1.48. The number of ether oxygens (including phenoxy) is 1. The zero-order valence-corrected chi connectivity index (χ0v) is 15.3. The maximum atomic E-state index is 12.3. The van der Waals surface area contributed by atoms with E-state index in [4.69, 9.17) is 4.74 Å². The summed E-state index contributed by atoms with van der Waals surface area (Å²) in [6.45, 7) is 11.9. The van der Waals surface area contributed by atoms with Gasteiger partial charge in [-0.05, 0) is 25.1 Å². The summed E-state index contributed by atoms with van der Waals surface area (Å²) < 4.78 is 5.37. The summed E-state index contributed by atoms with van der Waals surface area (Å²) in [6.07, 6.45) is 1.87. The van der Waals surface area contributed by atoms with E-state index >= 15 is 0 Å². The first kappa shape index (κ1) is 17.9. The molecular formula is C18H29N5O2. The van der Waals surface area contributed by atoms with Crippen molar-refractivity contribution in [2.45, 2.75) is 26.4 Å². The number of piperazine rings is 1. The fourth-order valence-electron chi connectivity index (χ4n) is 3.31. The van der Waals surface area contributed by atoms with Crippen molar-refractivity contribution in [3.05, 3.63) is 23.9 Å². The molecule has 138 valence electrons. The molecule has 7 nitrogen and oxygen atoms in total. The Hall–Kier alpha value is -1.86. The molecule has 0 saturated carbocycles. The third-order valence-electron chi connectivity index (χ3n) is 5.02. The normalized spacial score (nSPS) is 22.1. The average molecular weight is 347 g/mol. The molecule has 0 aromatic carbocycles. The SMILES string of the molecule is CCN1CCN(c2ccc(CNC(=O)N3CCOC[C@@H]3C)cn2)CC1. The lowest BCUT2D eigenvalue weighted by Gasteiger charge is -2.34. The van der Waals surface area contributed by atoms with E-state index in [1.807, 2.05) is 18.0 Å². The Kier molecular flexibility index (Phi) is 6.09. The number of carbonyl (C=O) groups is 1. The van der Waals surface area contributed by atoms with Gasteiger partial charge < -0.3 is 24.8 Å². The highest BCUT2D eigenvalue weighted by atomic mass is 16.5. The molecule has 0 bridgehead atoms. The van der Waals surface area contributed by atoms with Crippen molar-refractivity contribution in [2.24, 2.45) is 0 Å². The number of nitrogens with one attached hydrogen (secondary N) is 1. The summed E-state index contributed by atoms with van der Waals surface area (Å²) in [5.41, 5.74) is 1.02. The van der Waals surface area contributed by atoms with Crippen LogP contribution in [0.3, 0.4) is 0 Å². The largest absolute Gasteiger partial charge is 0.377 e. The van der Waals surface area contributed by atoms with E-state index in [0.717, 1.165) is 44.1 Å². The smallest absolute Gasteiger partial charge is 0.318 e. The Labute approximate surface area is 149 Å². The third kappa shape index (κ3) is 4.61. The predicted molar refractivity (Wildman–Crippen MR) is 97.8 cm³/mol. The van der Waals surface area contributed by atoms with E-state index in [0.29, 0.717) is 26.3 Å². The van der Waals surface area contributed by atoms with Crippen LogP contribution in [0.4, 0.5) is 10.6 Å². The van der Waals surface area contributed by atoms with Gasteiger partial charge in [-0.2, -0.15) is 0 Å². The van der Waals surface area contributed by atoms with Gasteiger partial charge in [0.05, 0.1) is 19.3 Å². The van der Waals surface area contributed by atoms with Crippen LogP contribution in [0, 0.1) is 0 Å². The molecule has 2 amide bonds. The molecular weight excluding hydrogens is 318 g/mol. The molecule has 2 aliphatic heterocycles. The molecule has 7 heteroatoms. The van der Waals surface area contributed by atoms with Crippen molar-refractivity contribution in [1.82, 2.24) is 20.1 Å². The zero-order valence-electron chi connectivity index (χ0n) is 15.3. The van der Waals surface area contributed by atoms with Crippen LogP contribution in [0.5, 0.6) is 0 Å². The topological polar surface area (TPSA) is 60.9 Å². The van der Waals surface area contributed by atoms with E-state index in [-0.39, 0.29) is 12.1 Å². The van der Waals surface area contributed by atoms with Crippen molar-refractivity contribution in [1.29, 1.82) is 0 Å². The van der Waals surface area contributed by atoms with E-state index in [9.17, 15) is 4.79 Å². The fourth-order valence-corrected chi connectivity index (χ4v) is 3.31. The van der Waals surface area contributed by atoms with Crippen molar-refractivity contribution < 1.29 is 9.53 Å². The van der Waals surface area contributed by atoms with Gasteiger partial charge in [-0.1, -0.05) is 13.0 Å². The molecule has 2 fully saturated rings. The first-order valence-corrected chi connectivity index (χ1v) is 9.22. The molecule has 2 aliphatic rings. The maximum absolute atomic E-state index is 12.3. The van der Waals surface area contributed by atoms with Crippen LogP contribution >= 0.6 is 0 Å². The highest BCUT2D eigenvalue weighted by molar-refractivity contribution is 5.74. The maximum Gasteiger partial charge on any atom is 0.318 e. The van der Waals surface area contributed by atoms with Gasteiger partial charge in [-0.25, -0.2) is 9.78 Å². The minimum Gasteiger partial charge on any atom is -0.377 e. The van der Waals surface area contributed by atoms with Crippen LogP contribution in [0.15, 0.2) is 18.3 Å². The minimum absolute atomic E-state index is 0.0319. The van der Waals surface area contributed by atoms with Crippen LogP contribution in [0.25, 0.3) is 0 Å². The Bertz CT molecular complexity index is 557. The van der Waals surface area contributed by atoms with Gasteiger partial charge in [0, 0.05) is 45.5 Å². The van der Waals surface area contributed by atoms with Crippen LogP contribution in [-0.2, 0) is 11.3 Å². The van der Waals surface area contributed by atoms with Crippen LogP contribution in [0.2, 0.25) is 0 Å². The molecule has 3 heterocycles. The van der Waals surface area contributed by atoms with Gasteiger partial charge in [0.25, 0.3) is 0 Å². The summed E-state index contributed by atoms with van der Waals surface area (Å²) in [4.78, 5) is 23.5. The Morgan fingerprint density at radius 2 is 2.08 bits per heavy atom. The van der Waals surface area contributed by atoms with Crippen molar-refractivity contribution in [2.75, 3.05) is 57.4 Å². The number of carbonyl (C=O) groups excluding carboxylic acids is 1. The van der Waals surface area contributed by atoms with Crippen LogP contribution in [-0.4, -0.2) is 79.3 Å². The lowest BCUT2D eigenvalue weighted by Crippen LogP contribution is -2.51. The summed E-state index contributed by atoms with van der Waals surface area (Å²) in [5, 5.41) is 2.98. The number of aromatic nitrogens is 1. The number of pyridine rings is 1. The van der Waals surface area contributed by atoms with E-state index < -0.39 is 0 Å². The van der Waals surface area contributed by atoms with Crippen molar-refractivity contribution in [3.63, 3.8) is 0 Å². The van der Waals surface area contributed by atoms with Gasteiger partial charge in [0.1, 0.15) is 5.82 Å². The van der Waals surface area contributed by atoms with Gasteiger partial charge in [-0.15, -0.1) is 0 Å². The molecule has 1 atom stereocenters. The van der Waals surface area contributed by atoms with E-state index in [1.165, 1.54) is 0 Å². The second-order valence-electron chi connectivity index (χ2n) is 6.72. The van der Waals surface area contributed by atoms with Crippen LogP contribution in [0.1, 0.15) is 19.4 Å². The molecule has 25 heavy (non-hydrogen) atoms. The average Bonchev–Trinajstić information content (AvgIpc) is 2.67. The molecule has 1 N–H and O–H groups in total.